The summed E-state index contributed by atoms with van der Waals surface area (Å²) in [5.41, 5.74) is 0.464. The van der Waals surface area contributed by atoms with Gasteiger partial charge in [0.25, 0.3) is 0 Å². The minimum Gasteiger partial charge on any atom is -0.308 e. The lowest BCUT2D eigenvalue weighted by atomic mass is 10.1. The first kappa shape index (κ1) is 14.6. The molecule has 0 spiro atoms. The molecule has 19 heavy (non-hydrogen) atoms. The fourth-order valence-corrected chi connectivity index (χ4v) is 2.98. The van der Waals surface area contributed by atoms with E-state index in [2.05, 4.69) is 9.97 Å². The van der Waals surface area contributed by atoms with Crippen molar-refractivity contribution in [3.05, 3.63) is 16.6 Å². The Kier molecular flexibility index (Phi) is 4.65. The van der Waals surface area contributed by atoms with Crippen LogP contribution in [0.2, 0.25) is 10.4 Å². The summed E-state index contributed by atoms with van der Waals surface area (Å²) in [6, 6.07) is 0. The molecular weight excluding hydrogens is 309 g/mol. The number of anilines is 1. The fraction of sp³-hybridized carbons (Fsp3) is 0.455. The minimum atomic E-state index is -0.0398. The lowest BCUT2D eigenvalue weighted by Gasteiger charge is -2.16. The zero-order valence-electron chi connectivity index (χ0n) is 10.1. The molecule has 0 bridgehead atoms. The molecule has 0 aliphatic carbocycles. The molecule has 1 unspecified atom stereocenters. The van der Waals surface area contributed by atoms with Crippen LogP contribution in [-0.2, 0) is 9.59 Å². The largest absolute Gasteiger partial charge is 0.308 e. The van der Waals surface area contributed by atoms with E-state index in [9.17, 15) is 9.59 Å². The van der Waals surface area contributed by atoms with Crippen molar-refractivity contribution in [1.29, 1.82) is 0 Å². The highest BCUT2D eigenvalue weighted by Gasteiger charge is 2.32. The van der Waals surface area contributed by atoms with E-state index < -0.39 is 0 Å². The van der Waals surface area contributed by atoms with Gasteiger partial charge in [-0.2, -0.15) is 0 Å². The second kappa shape index (κ2) is 6.07. The molecule has 0 aromatic carbocycles. The number of aromatic nitrogens is 2. The molecule has 8 heteroatoms. The number of halogens is 2. The lowest BCUT2D eigenvalue weighted by molar-refractivity contribution is -0.117. The standard InChI is InChI=1S/C11H11Cl2N3O2S/c1-6(17)19-5-7-2-9(18)16(4-7)8-3-14-11(13)15-10(8)12/h3,7H,2,4-5H2,1H3. The van der Waals surface area contributed by atoms with Crippen LogP contribution in [0.5, 0.6) is 0 Å². The van der Waals surface area contributed by atoms with Crippen molar-refractivity contribution >= 4 is 51.7 Å². The Hall–Kier alpha value is -0.850. The van der Waals surface area contributed by atoms with Crippen molar-refractivity contribution in [3.63, 3.8) is 0 Å². The molecule has 1 saturated heterocycles. The topological polar surface area (TPSA) is 63.2 Å². The van der Waals surface area contributed by atoms with Gasteiger partial charge in [0.2, 0.25) is 11.2 Å². The van der Waals surface area contributed by atoms with E-state index in [0.717, 1.165) is 0 Å². The maximum Gasteiger partial charge on any atom is 0.227 e. The van der Waals surface area contributed by atoms with Gasteiger partial charge in [-0.05, 0) is 17.5 Å². The summed E-state index contributed by atoms with van der Waals surface area (Å²) in [5, 5.41) is 0.260. The van der Waals surface area contributed by atoms with Crippen molar-refractivity contribution in [2.45, 2.75) is 13.3 Å². The van der Waals surface area contributed by atoms with Crippen LogP contribution < -0.4 is 4.90 Å². The molecule has 1 aliphatic heterocycles. The molecule has 5 nitrogen and oxygen atoms in total. The predicted molar refractivity (Wildman–Crippen MR) is 75.7 cm³/mol. The van der Waals surface area contributed by atoms with E-state index in [1.165, 1.54) is 24.9 Å². The second-order valence-electron chi connectivity index (χ2n) is 4.19. The highest BCUT2D eigenvalue weighted by atomic mass is 35.5. The van der Waals surface area contributed by atoms with Crippen molar-refractivity contribution < 1.29 is 9.59 Å². The van der Waals surface area contributed by atoms with Gasteiger partial charge in [0, 0.05) is 25.6 Å². The number of amides is 1. The normalized spacial score (nSPS) is 19.0. The summed E-state index contributed by atoms with van der Waals surface area (Å²) < 4.78 is 0. The molecular formula is C11H11Cl2N3O2S. The van der Waals surface area contributed by atoms with Gasteiger partial charge in [0.05, 0.1) is 11.9 Å². The van der Waals surface area contributed by atoms with E-state index in [4.69, 9.17) is 23.2 Å². The highest BCUT2D eigenvalue weighted by molar-refractivity contribution is 8.13. The summed E-state index contributed by atoms with van der Waals surface area (Å²) in [7, 11) is 0. The van der Waals surface area contributed by atoms with Crippen molar-refractivity contribution in [1.82, 2.24) is 9.97 Å². The molecule has 102 valence electrons. The summed E-state index contributed by atoms with van der Waals surface area (Å²) in [5.74, 6) is 0.721. The molecule has 1 aromatic rings. The first-order valence-electron chi connectivity index (χ1n) is 5.59. The zero-order chi connectivity index (χ0) is 14.0. The average Bonchev–Trinajstić information content (AvgIpc) is 2.68. The number of hydrogen-bond donors (Lipinski definition) is 0. The summed E-state index contributed by atoms with van der Waals surface area (Å²) in [6.07, 6.45) is 1.84. The number of nitrogens with zero attached hydrogens (tertiary/aromatic N) is 3. The summed E-state index contributed by atoms with van der Waals surface area (Å²) in [4.78, 5) is 32.1. The monoisotopic (exact) mass is 319 g/mol. The Bertz CT molecular complexity index is 527. The predicted octanol–water partition coefficient (Wildman–Crippen LogP) is 2.42. The third kappa shape index (κ3) is 3.58. The fourth-order valence-electron chi connectivity index (χ4n) is 1.88. The van der Waals surface area contributed by atoms with Crippen LogP contribution in [0.15, 0.2) is 6.20 Å². The van der Waals surface area contributed by atoms with E-state index in [1.54, 1.807) is 4.90 Å². The lowest BCUT2D eigenvalue weighted by Crippen LogP contribution is -2.25. The summed E-state index contributed by atoms with van der Waals surface area (Å²) >= 11 is 12.8. The van der Waals surface area contributed by atoms with E-state index in [1.807, 2.05) is 0 Å². The Morgan fingerprint density at radius 3 is 2.95 bits per heavy atom. The minimum absolute atomic E-state index is 0.0398. The van der Waals surface area contributed by atoms with Gasteiger partial charge in [-0.15, -0.1) is 0 Å². The van der Waals surface area contributed by atoms with Crippen LogP contribution in [0.4, 0.5) is 5.69 Å². The van der Waals surface area contributed by atoms with E-state index >= 15 is 0 Å². The number of thioether (sulfide) groups is 1. The van der Waals surface area contributed by atoms with Crippen LogP contribution in [-0.4, -0.2) is 33.3 Å². The SMILES string of the molecule is CC(=O)SCC1CC(=O)N(c2cnc(Cl)nc2Cl)C1. The molecule has 0 saturated carbocycles. The van der Waals surface area contributed by atoms with Crippen molar-refractivity contribution in [2.75, 3.05) is 17.2 Å². The third-order valence-electron chi connectivity index (χ3n) is 2.71. The van der Waals surface area contributed by atoms with Gasteiger partial charge in [-0.3, -0.25) is 9.59 Å². The second-order valence-corrected chi connectivity index (χ2v) is 6.09. The van der Waals surface area contributed by atoms with Gasteiger partial charge in [-0.25, -0.2) is 9.97 Å². The Morgan fingerprint density at radius 2 is 2.32 bits per heavy atom. The summed E-state index contributed by atoms with van der Waals surface area (Å²) in [6.45, 7) is 2.03. The first-order valence-corrected chi connectivity index (χ1v) is 7.33. The molecule has 1 fully saturated rings. The molecule has 1 aliphatic rings. The number of hydrogen-bond acceptors (Lipinski definition) is 5. The van der Waals surface area contributed by atoms with Gasteiger partial charge in [0.15, 0.2) is 10.3 Å². The molecule has 2 heterocycles. The quantitative estimate of drug-likeness (QED) is 0.632. The van der Waals surface area contributed by atoms with Crippen LogP contribution in [0.25, 0.3) is 0 Å². The van der Waals surface area contributed by atoms with E-state index in [-0.39, 0.29) is 27.4 Å². The molecule has 2 rings (SSSR count). The molecule has 0 N–H and O–H groups in total. The first-order chi connectivity index (χ1) is 8.97. The maximum atomic E-state index is 12.0. The smallest absolute Gasteiger partial charge is 0.227 e. The van der Waals surface area contributed by atoms with Crippen LogP contribution in [0.1, 0.15) is 13.3 Å². The maximum absolute atomic E-state index is 12.0. The number of carbonyl (C=O) groups excluding carboxylic acids is 2. The van der Waals surface area contributed by atoms with Gasteiger partial charge in [-0.1, -0.05) is 23.4 Å². The van der Waals surface area contributed by atoms with Gasteiger partial charge < -0.3 is 4.90 Å². The van der Waals surface area contributed by atoms with Crippen molar-refractivity contribution in [3.8, 4) is 0 Å². The molecule has 1 amide bonds. The Balaban J connectivity index is 2.09. The van der Waals surface area contributed by atoms with Crippen LogP contribution in [0.3, 0.4) is 0 Å². The van der Waals surface area contributed by atoms with Crippen molar-refractivity contribution in [2.24, 2.45) is 5.92 Å². The Morgan fingerprint density at radius 1 is 1.58 bits per heavy atom. The molecule has 0 radical (unpaired) electrons. The molecule has 1 aromatic heterocycles. The number of carbonyl (C=O) groups is 2. The average molecular weight is 320 g/mol. The van der Waals surface area contributed by atoms with Gasteiger partial charge >= 0.3 is 0 Å². The Labute approximate surface area is 124 Å². The van der Waals surface area contributed by atoms with Crippen LogP contribution >= 0.6 is 35.0 Å². The number of rotatable bonds is 3. The third-order valence-corrected chi connectivity index (χ3v) is 4.22. The molecule has 1 atom stereocenters. The van der Waals surface area contributed by atoms with Crippen LogP contribution in [0, 0.1) is 5.92 Å². The van der Waals surface area contributed by atoms with E-state index in [0.29, 0.717) is 24.4 Å². The highest BCUT2D eigenvalue weighted by Crippen LogP contribution is 2.31. The van der Waals surface area contributed by atoms with Gasteiger partial charge in [0.1, 0.15) is 0 Å². The zero-order valence-corrected chi connectivity index (χ0v) is 12.4.